The number of carbonyl (C=O) groups excluding carboxylic acids is 1. The van der Waals surface area contributed by atoms with Crippen LogP contribution in [-0.2, 0) is 0 Å². The minimum Gasteiger partial charge on any atom is -0.396 e. The van der Waals surface area contributed by atoms with Gasteiger partial charge in [0.1, 0.15) is 16.5 Å². The van der Waals surface area contributed by atoms with E-state index in [-0.39, 0.29) is 16.8 Å². The van der Waals surface area contributed by atoms with E-state index in [0.717, 1.165) is 12.1 Å². The first-order chi connectivity index (χ1) is 8.99. The van der Waals surface area contributed by atoms with E-state index >= 15 is 0 Å². The van der Waals surface area contributed by atoms with E-state index < -0.39 is 23.1 Å². The van der Waals surface area contributed by atoms with Gasteiger partial charge in [-0.05, 0) is 18.2 Å². The predicted molar refractivity (Wildman–Crippen MR) is 65.8 cm³/mol. The van der Waals surface area contributed by atoms with Crippen LogP contribution < -0.4 is 11.1 Å². The van der Waals surface area contributed by atoms with Gasteiger partial charge in [0.25, 0.3) is 5.91 Å². The first-order valence-electron chi connectivity index (χ1n) is 5.02. The van der Waals surface area contributed by atoms with Crippen LogP contribution in [0.3, 0.4) is 0 Å². The van der Waals surface area contributed by atoms with Crippen molar-refractivity contribution in [1.29, 1.82) is 0 Å². The zero-order chi connectivity index (χ0) is 14.0. The van der Waals surface area contributed by atoms with Gasteiger partial charge >= 0.3 is 0 Å². The van der Waals surface area contributed by atoms with Crippen LogP contribution in [0.1, 0.15) is 10.4 Å². The zero-order valence-corrected chi connectivity index (χ0v) is 10.1. The van der Waals surface area contributed by atoms with Crippen molar-refractivity contribution in [3.8, 4) is 0 Å². The number of rotatable bonds is 2. The summed E-state index contributed by atoms with van der Waals surface area (Å²) in [5.74, 6) is -3.39. The number of nitrogens with one attached hydrogen (secondary N) is 1. The minimum absolute atomic E-state index is 0.0822. The Morgan fingerprint density at radius 2 is 2.05 bits per heavy atom. The van der Waals surface area contributed by atoms with Crippen molar-refractivity contribution < 1.29 is 13.6 Å². The van der Waals surface area contributed by atoms with E-state index in [4.69, 9.17) is 17.3 Å². The second-order valence-electron chi connectivity index (χ2n) is 3.48. The number of anilines is 2. The van der Waals surface area contributed by atoms with Crippen molar-refractivity contribution in [2.45, 2.75) is 0 Å². The average molecular weight is 285 g/mol. The lowest BCUT2D eigenvalue weighted by Crippen LogP contribution is -2.18. The fourth-order valence-corrected chi connectivity index (χ4v) is 1.47. The maximum absolute atomic E-state index is 13.6. The van der Waals surface area contributed by atoms with Gasteiger partial charge < -0.3 is 5.73 Å². The molecule has 1 aromatic carbocycles. The Balaban J connectivity index is 2.33. The highest BCUT2D eigenvalue weighted by molar-refractivity contribution is 6.29. The fourth-order valence-electron chi connectivity index (χ4n) is 1.34. The van der Waals surface area contributed by atoms with Crippen molar-refractivity contribution in [3.05, 3.63) is 46.7 Å². The van der Waals surface area contributed by atoms with Crippen LogP contribution in [0.4, 0.5) is 20.4 Å². The summed E-state index contributed by atoms with van der Waals surface area (Å²) in [6.45, 7) is 0. The molecule has 8 heteroatoms. The molecule has 0 unspecified atom stereocenters. The van der Waals surface area contributed by atoms with Gasteiger partial charge in [-0.15, -0.1) is 0 Å². The Bertz CT molecular complexity index is 651. The van der Waals surface area contributed by atoms with E-state index in [1.165, 1.54) is 12.3 Å². The molecule has 0 saturated heterocycles. The number of nitrogens with zero attached hydrogens (tertiary/aromatic N) is 2. The molecule has 3 N–H and O–H groups in total. The highest BCUT2D eigenvalue weighted by Crippen LogP contribution is 2.19. The number of amides is 1. The van der Waals surface area contributed by atoms with Crippen molar-refractivity contribution in [2.24, 2.45) is 0 Å². The molecule has 19 heavy (non-hydrogen) atoms. The number of hydrogen-bond acceptors (Lipinski definition) is 4. The lowest BCUT2D eigenvalue weighted by atomic mass is 10.1. The SMILES string of the molecule is Nc1ccc(F)c(C(=O)Nc2nccc(Cl)n2)c1F. The topological polar surface area (TPSA) is 80.9 Å². The molecular formula is C11H7ClF2N4O. The van der Waals surface area contributed by atoms with Crippen molar-refractivity contribution in [3.63, 3.8) is 0 Å². The van der Waals surface area contributed by atoms with E-state index in [9.17, 15) is 13.6 Å². The first kappa shape index (κ1) is 13.2. The second-order valence-corrected chi connectivity index (χ2v) is 3.87. The highest BCUT2D eigenvalue weighted by atomic mass is 35.5. The number of aromatic nitrogens is 2. The molecule has 1 amide bonds. The highest BCUT2D eigenvalue weighted by Gasteiger charge is 2.20. The second kappa shape index (κ2) is 5.15. The quantitative estimate of drug-likeness (QED) is 0.654. The van der Waals surface area contributed by atoms with Crippen LogP contribution in [0, 0.1) is 11.6 Å². The van der Waals surface area contributed by atoms with Gasteiger partial charge in [0.2, 0.25) is 5.95 Å². The average Bonchev–Trinajstić information content (AvgIpc) is 2.34. The Kier molecular flexibility index (Phi) is 3.57. The maximum atomic E-state index is 13.6. The number of nitrogen functional groups attached to an aromatic ring is 1. The first-order valence-corrected chi connectivity index (χ1v) is 5.40. The Morgan fingerprint density at radius 1 is 1.32 bits per heavy atom. The Hall–Kier alpha value is -2.28. The van der Waals surface area contributed by atoms with E-state index in [0.29, 0.717) is 0 Å². The summed E-state index contributed by atoms with van der Waals surface area (Å²) in [7, 11) is 0. The number of carbonyl (C=O) groups is 1. The molecule has 0 spiro atoms. The Labute approximate surface area is 111 Å². The normalized spacial score (nSPS) is 10.3. The summed E-state index contributed by atoms with van der Waals surface area (Å²) in [5.41, 5.74) is 4.13. The van der Waals surface area contributed by atoms with E-state index in [2.05, 4.69) is 15.3 Å². The van der Waals surface area contributed by atoms with Gasteiger partial charge in [0, 0.05) is 6.20 Å². The van der Waals surface area contributed by atoms with Gasteiger partial charge in [-0.1, -0.05) is 11.6 Å². The van der Waals surface area contributed by atoms with Crippen LogP contribution in [0.15, 0.2) is 24.4 Å². The third-order valence-corrected chi connectivity index (χ3v) is 2.41. The number of benzene rings is 1. The van der Waals surface area contributed by atoms with Crippen LogP contribution in [0.25, 0.3) is 0 Å². The molecule has 1 heterocycles. The van der Waals surface area contributed by atoms with Crippen molar-refractivity contribution >= 4 is 29.1 Å². The monoisotopic (exact) mass is 284 g/mol. The molecule has 2 rings (SSSR count). The van der Waals surface area contributed by atoms with Crippen LogP contribution in [-0.4, -0.2) is 15.9 Å². The smallest absolute Gasteiger partial charge is 0.264 e. The lowest BCUT2D eigenvalue weighted by molar-refractivity contribution is 0.101. The largest absolute Gasteiger partial charge is 0.396 e. The van der Waals surface area contributed by atoms with Gasteiger partial charge in [0.05, 0.1) is 5.69 Å². The standard InChI is InChI=1S/C11H7ClF2N4O/c12-7-3-4-16-11(17-7)18-10(19)8-5(13)1-2-6(15)9(8)14/h1-4H,15H2,(H,16,17,18,19). The summed E-state index contributed by atoms with van der Waals surface area (Å²) in [6, 6.07) is 3.31. The zero-order valence-electron chi connectivity index (χ0n) is 9.32. The molecule has 0 fully saturated rings. The summed E-state index contributed by atoms with van der Waals surface area (Å²) < 4.78 is 27.0. The molecule has 0 aliphatic heterocycles. The molecule has 5 nitrogen and oxygen atoms in total. The Morgan fingerprint density at radius 3 is 2.74 bits per heavy atom. The molecule has 1 aromatic heterocycles. The number of hydrogen-bond donors (Lipinski definition) is 2. The van der Waals surface area contributed by atoms with Crippen molar-refractivity contribution in [1.82, 2.24) is 9.97 Å². The van der Waals surface area contributed by atoms with Gasteiger partial charge in [-0.3, -0.25) is 10.1 Å². The van der Waals surface area contributed by atoms with Crippen LogP contribution in [0.5, 0.6) is 0 Å². The molecule has 0 radical (unpaired) electrons. The van der Waals surface area contributed by atoms with Crippen molar-refractivity contribution in [2.75, 3.05) is 11.1 Å². The molecule has 0 aliphatic carbocycles. The lowest BCUT2D eigenvalue weighted by Gasteiger charge is -2.07. The number of halogens is 3. The van der Waals surface area contributed by atoms with Gasteiger partial charge in [0.15, 0.2) is 5.82 Å². The molecule has 2 aromatic rings. The molecule has 0 atom stereocenters. The van der Waals surface area contributed by atoms with Crippen LogP contribution in [0.2, 0.25) is 5.15 Å². The molecular weight excluding hydrogens is 278 g/mol. The van der Waals surface area contributed by atoms with Gasteiger partial charge in [-0.25, -0.2) is 18.7 Å². The minimum atomic E-state index is -1.14. The maximum Gasteiger partial charge on any atom is 0.264 e. The van der Waals surface area contributed by atoms with E-state index in [1.54, 1.807) is 0 Å². The molecule has 0 saturated carbocycles. The summed E-state index contributed by atoms with van der Waals surface area (Å²) in [6.07, 6.45) is 1.29. The third kappa shape index (κ3) is 2.76. The number of nitrogens with two attached hydrogens (primary N) is 1. The third-order valence-electron chi connectivity index (χ3n) is 2.19. The summed E-state index contributed by atoms with van der Waals surface area (Å²) in [4.78, 5) is 19.1. The molecule has 0 bridgehead atoms. The summed E-state index contributed by atoms with van der Waals surface area (Å²) in [5, 5.41) is 2.21. The molecule has 98 valence electrons. The molecule has 0 aliphatic rings. The summed E-state index contributed by atoms with van der Waals surface area (Å²) >= 11 is 5.59. The van der Waals surface area contributed by atoms with Gasteiger partial charge in [-0.2, -0.15) is 0 Å². The fraction of sp³-hybridized carbons (Fsp3) is 0. The predicted octanol–water partition coefficient (Wildman–Crippen LogP) is 2.24. The van der Waals surface area contributed by atoms with E-state index in [1.807, 2.05) is 0 Å². The van der Waals surface area contributed by atoms with Crippen LogP contribution >= 0.6 is 11.6 Å².